The number of ketones is 1. The highest BCUT2D eigenvalue weighted by Gasteiger charge is 2.12. The Labute approximate surface area is 73.7 Å². The van der Waals surface area contributed by atoms with Gasteiger partial charge >= 0.3 is 0 Å². The number of carbonyl (C=O) groups excluding carboxylic acids is 1. The van der Waals surface area contributed by atoms with Crippen molar-refractivity contribution in [1.82, 2.24) is 4.90 Å². The van der Waals surface area contributed by atoms with Gasteiger partial charge in [0.25, 0.3) is 0 Å². The average Bonchev–Trinajstić information content (AvgIpc) is 2.06. The van der Waals surface area contributed by atoms with Gasteiger partial charge in [-0.05, 0) is 6.42 Å². The molecule has 1 aliphatic heterocycles. The topological polar surface area (TPSA) is 29.5 Å². The van der Waals surface area contributed by atoms with Crippen LogP contribution < -0.4 is 0 Å². The van der Waals surface area contributed by atoms with E-state index in [2.05, 4.69) is 4.90 Å². The molecule has 0 aromatic carbocycles. The zero-order valence-corrected chi connectivity index (χ0v) is 7.71. The van der Waals surface area contributed by atoms with Gasteiger partial charge in [0.1, 0.15) is 5.78 Å². The van der Waals surface area contributed by atoms with E-state index in [1.807, 2.05) is 6.92 Å². The van der Waals surface area contributed by atoms with Gasteiger partial charge in [-0.3, -0.25) is 9.69 Å². The number of carbonyl (C=O) groups is 1. The number of hydrogen-bond donors (Lipinski definition) is 0. The van der Waals surface area contributed by atoms with Crippen LogP contribution in [0.3, 0.4) is 0 Å². The second-order valence-corrected chi connectivity index (χ2v) is 3.18. The van der Waals surface area contributed by atoms with Crippen molar-refractivity contribution in [2.75, 3.05) is 32.8 Å². The number of ether oxygens (including phenoxy) is 1. The lowest BCUT2D eigenvalue weighted by Crippen LogP contribution is -2.39. The van der Waals surface area contributed by atoms with Gasteiger partial charge in [-0.25, -0.2) is 0 Å². The molecule has 0 radical (unpaired) electrons. The van der Waals surface area contributed by atoms with Gasteiger partial charge in [0.15, 0.2) is 0 Å². The highest BCUT2D eigenvalue weighted by Crippen LogP contribution is 1.98. The summed E-state index contributed by atoms with van der Waals surface area (Å²) in [7, 11) is 0. The van der Waals surface area contributed by atoms with Gasteiger partial charge in [0.05, 0.1) is 19.8 Å². The summed E-state index contributed by atoms with van der Waals surface area (Å²) in [5.41, 5.74) is 0. The zero-order chi connectivity index (χ0) is 8.81. The van der Waals surface area contributed by atoms with Crippen LogP contribution in [0.4, 0.5) is 0 Å². The lowest BCUT2D eigenvalue weighted by molar-refractivity contribution is -0.121. The molecule has 0 unspecified atom stereocenters. The van der Waals surface area contributed by atoms with E-state index in [1.165, 1.54) is 0 Å². The van der Waals surface area contributed by atoms with E-state index in [0.29, 0.717) is 12.3 Å². The van der Waals surface area contributed by atoms with Gasteiger partial charge in [0.2, 0.25) is 0 Å². The lowest BCUT2D eigenvalue weighted by atomic mass is 10.2. The molecule has 1 saturated heterocycles. The van der Waals surface area contributed by atoms with Gasteiger partial charge in [-0.15, -0.1) is 0 Å². The number of rotatable bonds is 4. The Kier molecular flexibility index (Phi) is 4.25. The fourth-order valence-corrected chi connectivity index (χ4v) is 1.37. The van der Waals surface area contributed by atoms with Crippen molar-refractivity contribution < 1.29 is 9.53 Å². The second kappa shape index (κ2) is 5.27. The third-order valence-electron chi connectivity index (χ3n) is 2.03. The van der Waals surface area contributed by atoms with Crippen molar-refractivity contribution in [2.24, 2.45) is 0 Å². The standard InChI is InChI=1S/C9H17NO2/c1-2-3-9(11)8-10-4-6-12-7-5-10/h2-8H2,1H3. The Bertz CT molecular complexity index is 141. The maximum Gasteiger partial charge on any atom is 0.146 e. The minimum atomic E-state index is 0.361. The molecule has 1 aliphatic rings. The third-order valence-corrected chi connectivity index (χ3v) is 2.03. The monoisotopic (exact) mass is 171 g/mol. The first-order chi connectivity index (χ1) is 5.83. The number of nitrogens with zero attached hydrogens (tertiary/aromatic N) is 1. The molecule has 0 aliphatic carbocycles. The Morgan fingerprint density at radius 3 is 2.67 bits per heavy atom. The first-order valence-corrected chi connectivity index (χ1v) is 4.64. The molecule has 0 N–H and O–H groups in total. The molecule has 1 fully saturated rings. The van der Waals surface area contributed by atoms with Crippen LogP contribution in [-0.2, 0) is 9.53 Å². The van der Waals surface area contributed by atoms with Crippen LogP contribution in [0.5, 0.6) is 0 Å². The maximum atomic E-state index is 11.2. The zero-order valence-electron chi connectivity index (χ0n) is 7.71. The van der Waals surface area contributed by atoms with Gasteiger partial charge in [0, 0.05) is 19.5 Å². The Balaban J connectivity index is 2.15. The van der Waals surface area contributed by atoms with Crippen molar-refractivity contribution in [3.8, 4) is 0 Å². The van der Waals surface area contributed by atoms with Crippen molar-refractivity contribution in [3.05, 3.63) is 0 Å². The molecule has 0 aromatic rings. The first kappa shape index (κ1) is 9.68. The summed E-state index contributed by atoms with van der Waals surface area (Å²) >= 11 is 0. The van der Waals surface area contributed by atoms with E-state index >= 15 is 0 Å². The summed E-state index contributed by atoms with van der Waals surface area (Å²) in [4.78, 5) is 13.4. The number of morpholine rings is 1. The van der Waals surface area contributed by atoms with Crippen molar-refractivity contribution in [3.63, 3.8) is 0 Å². The van der Waals surface area contributed by atoms with Crippen molar-refractivity contribution >= 4 is 5.78 Å². The molecule has 12 heavy (non-hydrogen) atoms. The molecule has 1 rings (SSSR count). The molecular formula is C9H17NO2. The minimum absolute atomic E-state index is 0.361. The van der Waals surface area contributed by atoms with Crippen LogP contribution >= 0.6 is 0 Å². The number of hydrogen-bond acceptors (Lipinski definition) is 3. The normalized spacial score (nSPS) is 19.4. The predicted octanol–water partition coefficient (Wildman–Crippen LogP) is 0.688. The van der Waals surface area contributed by atoms with Gasteiger partial charge < -0.3 is 4.74 Å². The third kappa shape index (κ3) is 3.32. The van der Waals surface area contributed by atoms with E-state index in [4.69, 9.17) is 4.74 Å². The highest BCUT2D eigenvalue weighted by atomic mass is 16.5. The molecule has 3 heteroatoms. The van der Waals surface area contributed by atoms with E-state index in [9.17, 15) is 4.79 Å². The van der Waals surface area contributed by atoms with Crippen LogP contribution in [0.2, 0.25) is 0 Å². The van der Waals surface area contributed by atoms with Gasteiger partial charge in [-0.1, -0.05) is 6.92 Å². The predicted molar refractivity (Wildman–Crippen MR) is 47.2 cm³/mol. The molecule has 0 bridgehead atoms. The molecule has 0 spiro atoms. The van der Waals surface area contributed by atoms with Crippen LogP contribution in [0, 0.1) is 0 Å². The smallest absolute Gasteiger partial charge is 0.146 e. The SMILES string of the molecule is CCCC(=O)CN1CCOCC1. The molecule has 0 amide bonds. The maximum absolute atomic E-state index is 11.2. The van der Waals surface area contributed by atoms with Crippen LogP contribution in [0.1, 0.15) is 19.8 Å². The van der Waals surface area contributed by atoms with E-state index in [1.54, 1.807) is 0 Å². The summed E-state index contributed by atoms with van der Waals surface area (Å²) in [6.07, 6.45) is 1.68. The fourth-order valence-electron chi connectivity index (χ4n) is 1.37. The minimum Gasteiger partial charge on any atom is -0.379 e. The molecule has 0 saturated carbocycles. The largest absolute Gasteiger partial charge is 0.379 e. The first-order valence-electron chi connectivity index (χ1n) is 4.64. The average molecular weight is 171 g/mol. The summed E-state index contributed by atoms with van der Waals surface area (Å²) in [6.45, 7) is 6.04. The molecule has 1 heterocycles. The van der Waals surface area contributed by atoms with Crippen LogP contribution in [0.15, 0.2) is 0 Å². The van der Waals surface area contributed by atoms with E-state index in [0.717, 1.165) is 39.1 Å². The summed E-state index contributed by atoms with van der Waals surface area (Å²) in [5.74, 6) is 0.361. The molecular weight excluding hydrogens is 154 g/mol. The Morgan fingerprint density at radius 1 is 1.42 bits per heavy atom. The molecule has 0 atom stereocenters. The van der Waals surface area contributed by atoms with E-state index < -0.39 is 0 Å². The second-order valence-electron chi connectivity index (χ2n) is 3.18. The summed E-state index contributed by atoms with van der Waals surface area (Å²) < 4.78 is 5.19. The van der Waals surface area contributed by atoms with Crippen molar-refractivity contribution in [1.29, 1.82) is 0 Å². The summed E-state index contributed by atoms with van der Waals surface area (Å²) in [5, 5.41) is 0. The van der Waals surface area contributed by atoms with E-state index in [-0.39, 0.29) is 0 Å². The molecule has 0 aromatic heterocycles. The fraction of sp³-hybridized carbons (Fsp3) is 0.889. The van der Waals surface area contributed by atoms with Crippen molar-refractivity contribution in [2.45, 2.75) is 19.8 Å². The molecule has 3 nitrogen and oxygen atoms in total. The highest BCUT2D eigenvalue weighted by molar-refractivity contribution is 5.80. The Morgan fingerprint density at radius 2 is 2.08 bits per heavy atom. The van der Waals surface area contributed by atoms with Gasteiger partial charge in [-0.2, -0.15) is 0 Å². The quantitative estimate of drug-likeness (QED) is 0.623. The number of Topliss-reactive ketones (excluding diaryl/α,β-unsaturated/α-hetero) is 1. The van der Waals surface area contributed by atoms with Crippen LogP contribution in [-0.4, -0.2) is 43.5 Å². The molecule has 70 valence electrons. The summed E-state index contributed by atoms with van der Waals surface area (Å²) in [6, 6.07) is 0. The Hall–Kier alpha value is -0.410. The lowest BCUT2D eigenvalue weighted by Gasteiger charge is -2.25. The van der Waals surface area contributed by atoms with Crippen LogP contribution in [0.25, 0.3) is 0 Å².